The molecule has 10 heteroatoms. The van der Waals surface area contributed by atoms with E-state index >= 15 is 0 Å². The van der Waals surface area contributed by atoms with Crippen LogP contribution in [0.15, 0.2) is 64.4 Å². The molecule has 34 heavy (non-hydrogen) atoms. The normalized spacial score (nSPS) is 21.0. The predicted molar refractivity (Wildman–Crippen MR) is 130 cm³/mol. The summed E-state index contributed by atoms with van der Waals surface area (Å²) in [7, 11) is -7.21. The summed E-state index contributed by atoms with van der Waals surface area (Å²) in [5.41, 5.74) is 0.489. The molecule has 184 valence electrons. The molecule has 0 unspecified atom stereocenters. The number of carbonyl (C=O) groups excluding carboxylic acids is 1. The van der Waals surface area contributed by atoms with Crippen LogP contribution in [-0.4, -0.2) is 57.5 Å². The zero-order valence-electron chi connectivity index (χ0n) is 19.1. The minimum Gasteiger partial charge on any atom is -0.326 e. The average Bonchev–Trinajstić information content (AvgIpc) is 3.15. The molecule has 2 aliphatic rings. The lowest BCUT2D eigenvalue weighted by molar-refractivity contribution is -0.120. The van der Waals surface area contributed by atoms with Gasteiger partial charge in [-0.25, -0.2) is 16.8 Å². The van der Waals surface area contributed by atoms with E-state index < -0.39 is 26.0 Å². The number of hydrogen-bond acceptors (Lipinski definition) is 5. The highest BCUT2D eigenvalue weighted by Crippen LogP contribution is 2.26. The van der Waals surface area contributed by atoms with Gasteiger partial charge in [0.05, 0.1) is 15.7 Å². The summed E-state index contributed by atoms with van der Waals surface area (Å²) in [6.45, 7) is 1.56. The number of nitrogens with one attached hydrogen (secondary N) is 1. The topological polar surface area (TPSA) is 104 Å². The van der Waals surface area contributed by atoms with Gasteiger partial charge in [0.2, 0.25) is 26.0 Å². The maximum Gasteiger partial charge on any atom is 0.243 e. The van der Waals surface area contributed by atoms with Crippen molar-refractivity contribution in [1.29, 1.82) is 0 Å². The van der Waals surface area contributed by atoms with E-state index in [0.717, 1.165) is 25.7 Å². The van der Waals surface area contributed by atoms with Crippen LogP contribution in [0.1, 0.15) is 38.5 Å². The molecule has 0 spiro atoms. The van der Waals surface area contributed by atoms with Crippen LogP contribution in [0, 0.1) is 5.92 Å². The van der Waals surface area contributed by atoms with E-state index in [1.54, 1.807) is 42.5 Å². The van der Waals surface area contributed by atoms with Crippen LogP contribution in [0.3, 0.4) is 0 Å². The monoisotopic (exact) mass is 505 g/mol. The van der Waals surface area contributed by atoms with Crippen LogP contribution in [0.4, 0.5) is 5.69 Å². The summed E-state index contributed by atoms with van der Waals surface area (Å²) in [6, 6.07) is 14.4. The van der Waals surface area contributed by atoms with Gasteiger partial charge in [0.15, 0.2) is 0 Å². The first-order chi connectivity index (χ1) is 16.3. The number of amides is 1. The summed E-state index contributed by atoms with van der Waals surface area (Å²) in [4.78, 5) is 13.3. The maximum absolute atomic E-state index is 12.9. The molecule has 0 radical (unpaired) electrons. The third-order valence-corrected chi connectivity index (χ3v) is 10.3. The molecule has 2 saturated heterocycles. The van der Waals surface area contributed by atoms with Crippen molar-refractivity contribution >= 4 is 31.6 Å². The summed E-state index contributed by atoms with van der Waals surface area (Å²) in [5.74, 6) is -0.746. The average molecular weight is 506 g/mol. The number of rotatable bonds is 6. The number of nitrogens with zero attached hydrogens (tertiary/aromatic N) is 2. The van der Waals surface area contributed by atoms with Gasteiger partial charge in [0, 0.05) is 31.9 Å². The Kier molecular flexibility index (Phi) is 7.71. The van der Waals surface area contributed by atoms with Crippen molar-refractivity contribution in [2.45, 2.75) is 48.3 Å². The first-order valence-electron chi connectivity index (χ1n) is 11.7. The maximum atomic E-state index is 12.9. The fraction of sp³-hybridized carbons (Fsp3) is 0.458. The quantitative estimate of drug-likeness (QED) is 0.649. The number of anilines is 1. The van der Waals surface area contributed by atoms with E-state index in [1.165, 1.54) is 20.7 Å². The Bertz CT molecular complexity index is 1190. The first-order valence-corrected chi connectivity index (χ1v) is 14.6. The number of hydrogen-bond donors (Lipinski definition) is 1. The van der Waals surface area contributed by atoms with Crippen molar-refractivity contribution in [3.8, 4) is 0 Å². The van der Waals surface area contributed by atoms with E-state index in [-0.39, 0.29) is 22.2 Å². The lowest BCUT2D eigenvalue weighted by atomic mass is 9.99. The Hall–Kier alpha value is -2.27. The molecule has 2 heterocycles. The first kappa shape index (κ1) is 24.8. The largest absolute Gasteiger partial charge is 0.326 e. The summed E-state index contributed by atoms with van der Waals surface area (Å²) in [5, 5.41) is 2.82. The Morgan fingerprint density at radius 2 is 1.26 bits per heavy atom. The number of benzene rings is 2. The van der Waals surface area contributed by atoms with Crippen molar-refractivity contribution in [3.05, 3.63) is 54.6 Å². The highest BCUT2D eigenvalue weighted by molar-refractivity contribution is 7.89. The van der Waals surface area contributed by atoms with E-state index in [0.29, 0.717) is 38.2 Å². The second kappa shape index (κ2) is 10.6. The van der Waals surface area contributed by atoms with E-state index in [4.69, 9.17) is 0 Å². The molecule has 4 rings (SSSR count). The second-order valence-electron chi connectivity index (χ2n) is 8.85. The Labute approximate surface area is 202 Å². The van der Waals surface area contributed by atoms with Crippen molar-refractivity contribution in [3.63, 3.8) is 0 Å². The van der Waals surface area contributed by atoms with Crippen LogP contribution in [0.5, 0.6) is 0 Å². The van der Waals surface area contributed by atoms with Gasteiger partial charge in [-0.15, -0.1) is 0 Å². The van der Waals surface area contributed by atoms with Crippen molar-refractivity contribution in [1.82, 2.24) is 8.61 Å². The van der Waals surface area contributed by atoms with Gasteiger partial charge in [-0.05, 0) is 62.1 Å². The molecule has 0 saturated carbocycles. The molecular weight excluding hydrogens is 474 g/mol. The van der Waals surface area contributed by atoms with Crippen LogP contribution in [-0.2, 0) is 24.8 Å². The zero-order chi connectivity index (χ0) is 24.2. The molecule has 8 nitrogen and oxygen atoms in total. The minimum absolute atomic E-state index is 0.116. The van der Waals surface area contributed by atoms with Crippen LogP contribution >= 0.6 is 0 Å². The Balaban J connectivity index is 1.40. The lowest BCUT2D eigenvalue weighted by Crippen LogP contribution is -2.43. The third kappa shape index (κ3) is 5.51. The second-order valence-corrected chi connectivity index (χ2v) is 12.7. The van der Waals surface area contributed by atoms with Gasteiger partial charge < -0.3 is 5.32 Å². The zero-order valence-corrected chi connectivity index (χ0v) is 20.7. The van der Waals surface area contributed by atoms with Crippen molar-refractivity contribution in [2.24, 2.45) is 5.92 Å². The molecule has 1 atom stereocenters. The molecule has 1 N–H and O–H groups in total. The van der Waals surface area contributed by atoms with Crippen LogP contribution in [0.25, 0.3) is 0 Å². The molecule has 1 amide bonds. The fourth-order valence-electron chi connectivity index (χ4n) is 4.50. The molecular formula is C24H31N3O5S2. The van der Waals surface area contributed by atoms with Gasteiger partial charge in [0.25, 0.3) is 0 Å². The minimum atomic E-state index is -3.65. The predicted octanol–water partition coefficient (Wildman–Crippen LogP) is 3.29. The SMILES string of the molecule is O=C(Nc1ccc(S(=O)(=O)N2CCCCCC2)cc1)[C@@H]1CCCN(S(=O)(=O)c2ccccc2)C1. The highest BCUT2D eigenvalue weighted by atomic mass is 32.2. The molecule has 2 aromatic carbocycles. The smallest absolute Gasteiger partial charge is 0.243 e. The van der Waals surface area contributed by atoms with Crippen LogP contribution in [0.2, 0.25) is 0 Å². The van der Waals surface area contributed by atoms with E-state index in [1.807, 2.05) is 0 Å². The Morgan fingerprint density at radius 1 is 0.706 bits per heavy atom. The number of piperidine rings is 1. The van der Waals surface area contributed by atoms with Gasteiger partial charge >= 0.3 is 0 Å². The molecule has 0 aliphatic carbocycles. The third-order valence-electron chi connectivity index (χ3n) is 6.46. The summed E-state index contributed by atoms with van der Waals surface area (Å²) < 4.78 is 54.7. The van der Waals surface area contributed by atoms with Gasteiger partial charge in [0.1, 0.15) is 0 Å². The van der Waals surface area contributed by atoms with E-state index in [9.17, 15) is 21.6 Å². The van der Waals surface area contributed by atoms with Gasteiger partial charge in [-0.3, -0.25) is 4.79 Å². The van der Waals surface area contributed by atoms with Crippen molar-refractivity contribution in [2.75, 3.05) is 31.5 Å². The number of carbonyl (C=O) groups is 1. The molecule has 2 aromatic rings. The van der Waals surface area contributed by atoms with Gasteiger partial charge in [-0.1, -0.05) is 31.0 Å². The molecule has 2 fully saturated rings. The lowest BCUT2D eigenvalue weighted by Gasteiger charge is -2.31. The standard InChI is InChI=1S/C24H31N3O5S2/c28-24(20-9-8-18-27(19-20)34(31,32)22-10-4-3-5-11-22)25-21-12-14-23(15-13-21)33(29,30)26-16-6-1-2-7-17-26/h3-5,10-15,20H,1-2,6-9,16-19H2,(H,25,28)/t20-/m1/s1. The summed E-state index contributed by atoms with van der Waals surface area (Å²) in [6.07, 6.45) is 5.01. The van der Waals surface area contributed by atoms with Crippen LogP contribution < -0.4 is 5.32 Å². The fourth-order valence-corrected chi connectivity index (χ4v) is 7.56. The van der Waals surface area contributed by atoms with Gasteiger partial charge in [-0.2, -0.15) is 8.61 Å². The Morgan fingerprint density at radius 3 is 1.91 bits per heavy atom. The molecule has 0 bridgehead atoms. The highest BCUT2D eigenvalue weighted by Gasteiger charge is 2.33. The molecule has 0 aromatic heterocycles. The number of sulfonamides is 2. The van der Waals surface area contributed by atoms with E-state index in [2.05, 4.69) is 5.32 Å². The molecule has 2 aliphatic heterocycles. The summed E-state index contributed by atoms with van der Waals surface area (Å²) >= 11 is 0. The van der Waals surface area contributed by atoms with Crippen molar-refractivity contribution < 1.29 is 21.6 Å².